The first-order valence-electron chi connectivity index (χ1n) is 11.1. The third-order valence-electron chi connectivity index (χ3n) is 5.35. The molecule has 0 radical (unpaired) electrons. The number of benzene rings is 3. The Morgan fingerprint density at radius 1 is 0.971 bits per heavy atom. The highest BCUT2D eigenvalue weighted by atomic mass is 35.5. The van der Waals surface area contributed by atoms with Crippen LogP contribution in [0, 0.1) is 0 Å². The zero-order chi connectivity index (χ0) is 23.8. The summed E-state index contributed by atoms with van der Waals surface area (Å²) in [5.74, 6) is -0.673. The lowest BCUT2D eigenvalue weighted by molar-refractivity contribution is 0.0690. The summed E-state index contributed by atoms with van der Waals surface area (Å²) in [6, 6.07) is 22.2. The van der Waals surface area contributed by atoms with Gasteiger partial charge in [-0.3, -0.25) is 0 Å². The maximum absolute atomic E-state index is 11.5. The van der Waals surface area contributed by atoms with Crippen molar-refractivity contribution in [3.8, 4) is 16.9 Å². The number of carboxylic acids is 1. The number of nitrogens with one attached hydrogen (secondary N) is 1. The van der Waals surface area contributed by atoms with Gasteiger partial charge in [0.2, 0.25) is 0 Å². The standard InChI is InChI=1S/C27H31NO5.ClH/c1-18(2)33-26-15-22(12-13-24(26)27(31)32)20-10-8-19(9-11-20)14-23(17-29)28-16-25(30)21-6-4-3-5-7-21;/h3-13,15,18,23,25,28-30H,14,16-17H2,1-2H3,(H,31,32);1H/t23-,25-;/m0./s1. The highest BCUT2D eigenvalue weighted by Gasteiger charge is 2.15. The summed E-state index contributed by atoms with van der Waals surface area (Å²) in [5, 5.41) is 32.7. The van der Waals surface area contributed by atoms with Gasteiger partial charge in [-0.25, -0.2) is 4.79 Å². The van der Waals surface area contributed by atoms with Crippen molar-refractivity contribution in [2.45, 2.75) is 38.5 Å². The number of rotatable bonds is 11. The molecule has 0 aliphatic rings. The van der Waals surface area contributed by atoms with Crippen molar-refractivity contribution in [3.05, 3.63) is 89.5 Å². The van der Waals surface area contributed by atoms with Gasteiger partial charge < -0.3 is 25.4 Å². The Kier molecular flexibility index (Phi) is 10.5. The van der Waals surface area contributed by atoms with E-state index in [1.54, 1.807) is 18.2 Å². The van der Waals surface area contributed by atoms with Crippen LogP contribution in [0.15, 0.2) is 72.8 Å². The summed E-state index contributed by atoms with van der Waals surface area (Å²) < 4.78 is 5.70. The fourth-order valence-electron chi connectivity index (χ4n) is 3.62. The Balaban J connectivity index is 0.00000408. The predicted molar refractivity (Wildman–Crippen MR) is 136 cm³/mol. The predicted octanol–water partition coefficient (Wildman–Crippen LogP) is 4.49. The molecule has 2 atom stereocenters. The molecule has 0 saturated carbocycles. The Bertz CT molecular complexity index is 1040. The third-order valence-corrected chi connectivity index (χ3v) is 5.35. The molecule has 6 nitrogen and oxygen atoms in total. The number of aromatic carboxylic acids is 1. The van der Waals surface area contributed by atoms with Gasteiger partial charge in [-0.1, -0.05) is 60.7 Å². The quantitative estimate of drug-likeness (QED) is 0.319. The molecule has 0 amide bonds. The second-order valence-electron chi connectivity index (χ2n) is 8.30. The Morgan fingerprint density at radius 2 is 1.62 bits per heavy atom. The average molecular weight is 486 g/mol. The van der Waals surface area contributed by atoms with Crippen molar-refractivity contribution in [1.82, 2.24) is 5.32 Å². The van der Waals surface area contributed by atoms with Crippen LogP contribution < -0.4 is 10.1 Å². The maximum atomic E-state index is 11.5. The van der Waals surface area contributed by atoms with Crippen LogP contribution >= 0.6 is 12.4 Å². The molecule has 7 heteroatoms. The number of aliphatic hydroxyl groups excluding tert-OH is 2. The van der Waals surface area contributed by atoms with Crippen molar-refractivity contribution in [2.24, 2.45) is 0 Å². The summed E-state index contributed by atoms with van der Waals surface area (Å²) in [7, 11) is 0. The zero-order valence-electron chi connectivity index (χ0n) is 19.3. The molecule has 3 aromatic carbocycles. The number of halogens is 1. The van der Waals surface area contributed by atoms with E-state index in [9.17, 15) is 20.1 Å². The van der Waals surface area contributed by atoms with Crippen LogP contribution in [0.2, 0.25) is 0 Å². The lowest BCUT2D eigenvalue weighted by atomic mass is 9.99. The van der Waals surface area contributed by atoms with Crippen molar-refractivity contribution in [2.75, 3.05) is 13.2 Å². The second-order valence-corrected chi connectivity index (χ2v) is 8.30. The van der Waals surface area contributed by atoms with E-state index in [4.69, 9.17) is 4.74 Å². The summed E-state index contributed by atoms with van der Waals surface area (Å²) in [6.45, 7) is 4.02. The first-order valence-corrected chi connectivity index (χ1v) is 11.1. The molecule has 3 rings (SSSR count). The number of aliphatic hydroxyl groups is 2. The van der Waals surface area contributed by atoms with Crippen LogP contribution in [-0.2, 0) is 6.42 Å². The molecule has 0 fully saturated rings. The zero-order valence-corrected chi connectivity index (χ0v) is 20.2. The van der Waals surface area contributed by atoms with Crippen LogP contribution in [0.25, 0.3) is 11.1 Å². The van der Waals surface area contributed by atoms with E-state index in [1.807, 2.05) is 68.4 Å². The van der Waals surface area contributed by atoms with E-state index in [2.05, 4.69) is 5.32 Å². The molecular weight excluding hydrogens is 454 g/mol. The molecule has 0 spiro atoms. The Morgan fingerprint density at radius 3 is 2.21 bits per heavy atom. The van der Waals surface area contributed by atoms with Crippen molar-refractivity contribution < 1.29 is 24.9 Å². The largest absolute Gasteiger partial charge is 0.490 e. The van der Waals surface area contributed by atoms with E-state index in [0.717, 1.165) is 22.3 Å². The number of hydrogen-bond acceptors (Lipinski definition) is 5. The van der Waals surface area contributed by atoms with E-state index in [1.165, 1.54) is 0 Å². The smallest absolute Gasteiger partial charge is 0.339 e. The van der Waals surface area contributed by atoms with Crippen LogP contribution in [0.1, 0.15) is 41.4 Å². The fraction of sp³-hybridized carbons (Fsp3) is 0.296. The highest BCUT2D eigenvalue weighted by molar-refractivity contribution is 5.92. The molecule has 34 heavy (non-hydrogen) atoms. The maximum Gasteiger partial charge on any atom is 0.339 e. The molecule has 0 bridgehead atoms. The van der Waals surface area contributed by atoms with Gasteiger partial charge in [-0.2, -0.15) is 0 Å². The first-order chi connectivity index (χ1) is 15.9. The Hall–Kier alpha value is -2.90. The highest BCUT2D eigenvalue weighted by Crippen LogP contribution is 2.29. The van der Waals surface area contributed by atoms with Crippen molar-refractivity contribution in [3.63, 3.8) is 0 Å². The monoisotopic (exact) mass is 485 g/mol. The van der Waals surface area contributed by atoms with Gasteiger partial charge in [-0.15, -0.1) is 12.4 Å². The number of hydrogen-bond donors (Lipinski definition) is 4. The molecule has 0 aliphatic heterocycles. The average Bonchev–Trinajstić information content (AvgIpc) is 2.82. The minimum Gasteiger partial charge on any atom is -0.490 e. The van der Waals surface area contributed by atoms with Crippen molar-refractivity contribution in [1.29, 1.82) is 0 Å². The fourth-order valence-corrected chi connectivity index (χ4v) is 3.62. The van der Waals surface area contributed by atoms with Crippen LogP contribution in [0.4, 0.5) is 0 Å². The van der Waals surface area contributed by atoms with Gasteiger partial charge in [0.25, 0.3) is 0 Å². The van der Waals surface area contributed by atoms with Gasteiger partial charge in [0.05, 0.1) is 18.8 Å². The lowest BCUT2D eigenvalue weighted by Crippen LogP contribution is -2.37. The lowest BCUT2D eigenvalue weighted by Gasteiger charge is -2.19. The van der Waals surface area contributed by atoms with Crippen LogP contribution in [0.5, 0.6) is 5.75 Å². The molecule has 182 valence electrons. The second kappa shape index (κ2) is 13.1. The molecule has 0 saturated heterocycles. The van der Waals surface area contributed by atoms with E-state index in [0.29, 0.717) is 18.7 Å². The summed E-state index contributed by atoms with van der Waals surface area (Å²) in [4.78, 5) is 11.5. The summed E-state index contributed by atoms with van der Waals surface area (Å²) >= 11 is 0. The normalized spacial score (nSPS) is 12.6. The molecule has 0 aromatic heterocycles. The molecular formula is C27H32ClNO5. The van der Waals surface area contributed by atoms with Gasteiger partial charge >= 0.3 is 5.97 Å². The van der Waals surface area contributed by atoms with Crippen molar-refractivity contribution >= 4 is 18.4 Å². The topological polar surface area (TPSA) is 99.0 Å². The summed E-state index contributed by atoms with van der Waals surface area (Å²) in [6.07, 6.45) is -0.166. The van der Waals surface area contributed by atoms with Crippen LogP contribution in [0.3, 0.4) is 0 Å². The minimum atomic E-state index is -1.02. The SMILES string of the molecule is CC(C)Oc1cc(-c2ccc(C[C@@H](CO)NC[C@H](O)c3ccccc3)cc2)ccc1C(=O)O.Cl. The number of ether oxygens (including phenoxy) is 1. The number of carbonyl (C=O) groups is 1. The van der Waals surface area contributed by atoms with E-state index in [-0.39, 0.29) is 36.7 Å². The van der Waals surface area contributed by atoms with Crippen LogP contribution in [-0.4, -0.2) is 46.6 Å². The van der Waals surface area contributed by atoms with E-state index >= 15 is 0 Å². The minimum absolute atomic E-state index is 0. The Labute approximate surface area is 206 Å². The van der Waals surface area contributed by atoms with Gasteiger partial charge in [0, 0.05) is 12.6 Å². The van der Waals surface area contributed by atoms with Gasteiger partial charge in [0.15, 0.2) is 0 Å². The van der Waals surface area contributed by atoms with Gasteiger partial charge in [0.1, 0.15) is 11.3 Å². The molecule has 0 aliphatic carbocycles. The first kappa shape index (κ1) is 27.3. The molecule has 0 heterocycles. The third kappa shape index (κ3) is 7.57. The molecule has 3 aromatic rings. The van der Waals surface area contributed by atoms with E-state index < -0.39 is 12.1 Å². The summed E-state index contributed by atoms with van der Waals surface area (Å²) in [5.41, 5.74) is 3.82. The molecule has 4 N–H and O–H groups in total. The molecule has 0 unspecified atom stereocenters. The van der Waals surface area contributed by atoms with Gasteiger partial charge in [-0.05, 0) is 54.7 Å². The number of carboxylic acid groups (broad SMARTS) is 1.